The van der Waals surface area contributed by atoms with Crippen LogP contribution in [0.3, 0.4) is 0 Å². The molecule has 4 nitrogen and oxygen atoms in total. The third-order valence-corrected chi connectivity index (χ3v) is 6.48. The zero-order valence-electron chi connectivity index (χ0n) is 12.9. The van der Waals surface area contributed by atoms with Gasteiger partial charge in [-0.15, -0.1) is 0 Å². The van der Waals surface area contributed by atoms with Crippen LogP contribution in [-0.2, 0) is 10.0 Å². The summed E-state index contributed by atoms with van der Waals surface area (Å²) in [4.78, 5) is -0.206. The first-order valence-corrected chi connectivity index (χ1v) is 9.40. The number of nitrogens with zero attached hydrogens (tertiary/aromatic N) is 1. The van der Waals surface area contributed by atoms with Gasteiger partial charge in [0.15, 0.2) is 0 Å². The van der Waals surface area contributed by atoms with Gasteiger partial charge in [0.2, 0.25) is 10.0 Å². The predicted octanol–water partition coefficient (Wildman–Crippen LogP) is 2.29. The smallest absolute Gasteiger partial charge is 0.245 e. The lowest BCUT2D eigenvalue weighted by Gasteiger charge is -2.31. The number of benzene rings is 1. The molecule has 0 radical (unpaired) electrons. The molecule has 2 aliphatic rings. The number of hydrogen-bond acceptors (Lipinski definition) is 3. The van der Waals surface area contributed by atoms with Gasteiger partial charge in [0, 0.05) is 19.1 Å². The maximum absolute atomic E-state index is 14.0. The van der Waals surface area contributed by atoms with E-state index in [0.717, 1.165) is 30.9 Å². The fourth-order valence-corrected chi connectivity index (χ4v) is 4.42. The molecule has 6 heteroatoms. The molecular formula is C16H23FN2O2S. The monoisotopic (exact) mass is 326 g/mol. The van der Waals surface area contributed by atoms with Crippen molar-refractivity contribution >= 4 is 10.0 Å². The van der Waals surface area contributed by atoms with E-state index in [0.29, 0.717) is 19.1 Å². The van der Waals surface area contributed by atoms with Crippen molar-refractivity contribution in [3.05, 3.63) is 29.6 Å². The van der Waals surface area contributed by atoms with Crippen LogP contribution in [-0.4, -0.2) is 38.4 Å². The zero-order chi connectivity index (χ0) is 15.7. The maximum atomic E-state index is 14.0. The van der Waals surface area contributed by atoms with Gasteiger partial charge in [-0.1, -0.05) is 6.07 Å². The Hall–Kier alpha value is -0.980. The minimum atomic E-state index is -3.72. The van der Waals surface area contributed by atoms with Crippen LogP contribution in [0, 0.1) is 18.7 Å². The molecule has 1 saturated carbocycles. The minimum absolute atomic E-state index is 0.206. The van der Waals surface area contributed by atoms with E-state index >= 15 is 0 Å². The minimum Gasteiger partial charge on any atom is -0.314 e. The van der Waals surface area contributed by atoms with Gasteiger partial charge in [-0.25, -0.2) is 12.8 Å². The van der Waals surface area contributed by atoms with Crippen molar-refractivity contribution < 1.29 is 12.8 Å². The number of piperidine rings is 1. The number of hydrogen-bond donors (Lipinski definition) is 1. The van der Waals surface area contributed by atoms with Crippen LogP contribution in [0.25, 0.3) is 0 Å². The number of nitrogens with one attached hydrogen (secondary N) is 1. The topological polar surface area (TPSA) is 49.4 Å². The van der Waals surface area contributed by atoms with Gasteiger partial charge in [-0.05, 0) is 62.8 Å². The van der Waals surface area contributed by atoms with Crippen LogP contribution in [0.4, 0.5) is 4.39 Å². The second-order valence-electron chi connectivity index (χ2n) is 6.46. The molecule has 0 bridgehead atoms. The first-order chi connectivity index (χ1) is 10.5. The van der Waals surface area contributed by atoms with E-state index in [9.17, 15) is 12.8 Å². The fourth-order valence-electron chi connectivity index (χ4n) is 2.91. The molecule has 1 N–H and O–H groups in total. The third-order valence-electron chi connectivity index (χ3n) is 4.55. The normalized spacial score (nSPS) is 21.2. The Labute approximate surface area is 131 Å². The molecule has 1 saturated heterocycles. The largest absolute Gasteiger partial charge is 0.314 e. The molecular weight excluding hydrogens is 303 g/mol. The Morgan fingerprint density at radius 2 is 1.91 bits per heavy atom. The lowest BCUT2D eigenvalue weighted by molar-refractivity contribution is 0.287. The second-order valence-corrected chi connectivity index (χ2v) is 8.37. The zero-order valence-corrected chi connectivity index (χ0v) is 13.7. The summed E-state index contributed by atoms with van der Waals surface area (Å²) in [5.41, 5.74) is 0.722. The molecule has 1 aliphatic heterocycles. The van der Waals surface area contributed by atoms with Gasteiger partial charge in [0.25, 0.3) is 0 Å². The lowest BCUT2D eigenvalue weighted by atomic mass is 10.1. The van der Waals surface area contributed by atoms with Crippen molar-refractivity contribution in [2.75, 3.05) is 19.6 Å². The van der Waals surface area contributed by atoms with E-state index in [1.807, 2.05) is 0 Å². The summed E-state index contributed by atoms with van der Waals surface area (Å²) >= 11 is 0. The van der Waals surface area contributed by atoms with Crippen LogP contribution in [0.2, 0.25) is 0 Å². The molecule has 0 unspecified atom stereocenters. The Bertz CT molecular complexity index is 636. The lowest BCUT2D eigenvalue weighted by Crippen LogP contribution is -2.45. The molecule has 1 aromatic carbocycles. The fraction of sp³-hybridized carbons (Fsp3) is 0.625. The Kier molecular flexibility index (Phi) is 4.52. The predicted molar refractivity (Wildman–Crippen MR) is 83.6 cm³/mol. The van der Waals surface area contributed by atoms with Crippen LogP contribution in [0.1, 0.15) is 31.2 Å². The van der Waals surface area contributed by atoms with E-state index in [1.54, 1.807) is 13.0 Å². The van der Waals surface area contributed by atoms with Gasteiger partial charge in [0.05, 0.1) is 0 Å². The second kappa shape index (κ2) is 6.26. The highest BCUT2D eigenvalue weighted by Crippen LogP contribution is 2.28. The summed E-state index contributed by atoms with van der Waals surface area (Å²) in [6.07, 6.45) is 4.21. The molecule has 2 fully saturated rings. The SMILES string of the molecule is Cc1ccc(S(=O)(=O)N2CCC(NCC3CC3)CC2)c(F)c1. The van der Waals surface area contributed by atoms with Gasteiger partial charge in [0.1, 0.15) is 10.7 Å². The summed E-state index contributed by atoms with van der Waals surface area (Å²) in [5.74, 6) is 0.164. The van der Waals surface area contributed by atoms with E-state index in [2.05, 4.69) is 5.32 Å². The molecule has 122 valence electrons. The highest BCUT2D eigenvalue weighted by atomic mass is 32.2. The number of rotatable bonds is 5. The highest BCUT2D eigenvalue weighted by molar-refractivity contribution is 7.89. The van der Waals surface area contributed by atoms with Crippen molar-refractivity contribution in [3.63, 3.8) is 0 Å². The third kappa shape index (κ3) is 3.50. The molecule has 1 aromatic rings. The van der Waals surface area contributed by atoms with Crippen LogP contribution in [0.5, 0.6) is 0 Å². The molecule has 1 aliphatic carbocycles. The summed E-state index contributed by atoms with van der Waals surface area (Å²) in [6.45, 7) is 3.70. The molecule has 3 rings (SSSR count). The number of sulfonamides is 1. The van der Waals surface area contributed by atoms with Crippen LogP contribution >= 0.6 is 0 Å². The Morgan fingerprint density at radius 3 is 2.50 bits per heavy atom. The maximum Gasteiger partial charge on any atom is 0.245 e. The van der Waals surface area contributed by atoms with Crippen molar-refractivity contribution in [1.82, 2.24) is 9.62 Å². The van der Waals surface area contributed by atoms with E-state index in [-0.39, 0.29) is 4.90 Å². The first kappa shape index (κ1) is 15.9. The van der Waals surface area contributed by atoms with Crippen molar-refractivity contribution in [2.24, 2.45) is 5.92 Å². The average molecular weight is 326 g/mol. The van der Waals surface area contributed by atoms with Crippen molar-refractivity contribution in [3.8, 4) is 0 Å². The molecule has 0 atom stereocenters. The van der Waals surface area contributed by atoms with E-state index < -0.39 is 15.8 Å². The molecule has 0 aromatic heterocycles. The molecule has 0 amide bonds. The summed E-state index contributed by atoms with van der Waals surface area (Å²) < 4.78 is 40.5. The van der Waals surface area contributed by atoms with Crippen molar-refractivity contribution in [1.29, 1.82) is 0 Å². The van der Waals surface area contributed by atoms with Crippen LogP contribution in [0.15, 0.2) is 23.1 Å². The number of halogens is 1. The summed E-state index contributed by atoms with van der Waals surface area (Å²) in [7, 11) is -3.72. The summed E-state index contributed by atoms with van der Waals surface area (Å²) in [5, 5.41) is 3.52. The standard InChI is InChI=1S/C16H23FN2O2S/c1-12-2-5-16(15(17)10-12)22(20,21)19-8-6-14(7-9-19)18-11-13-3-4-13/h2,5,10,13-14,18H,3-4,6-9,11H2,1H3. The Morgan fingerprint density at radius 1 is 1.23 bits per heavy atom. The summed E-state index contributed by atoms with van der Waals surface area (Å²) in [6, 6.07) is 4.67. The average Bonchev–Trinajstić information content (AvgIpc) is 3.29. The molecule has 1 heterocycles. The quantitative estimate of drug-likeness (QED) is 0.903. The number of aryl methyl sites for hydroxylation is 1. The van der Waals surface area contributed by atoms with E-state index in [4.69, 9.17) is 0 Å². The first-order valence-electron chi connectivity index (χ1n) is 7.96. The molecule has 0 spiro atoms. The highest BCUT2D eigenvalue weighted by Gasteiger charge is 2.31. The molecule has 22 heavy (non-hydrogen) atoms. The Balaban J connectivity index is 1.63. The van der Waals surface area contributed by atoms with E-state index in [1.165, 1.54) is 29.3 Å². The van der Waals surface area contributed by atoms with Gasteiger partial charge in [-0.2, -0.15) is 4.31 Å². The van der Waals surface area contributed by atoms with Crippen LogP contribution < -0.4 is 5.32 Å². The van der Waals surface area contributed by atoms with Gasteiger partial charge >= 0.3 is 0 Å². The van der Waals surface area contributed by atoms with Crippen molar-refractivity contribution in [2.45, 2.75) is 43.5 Å². The van der Waals surface area contributed by atoms with Gasteiger partial charge in [-0.3, -0.25) is 0 Å². The van der Waals surface area contributed by atoms with Gasteiger partial charge < -0.3 is 5.32 Å².